The van der Waals surface area contributed by atoms with E-state index in [1.54, 1.807) is 0 Å². The Morgan fingerprint density at radius 1 is 0.651 bits per heavy atom. The fourth-order valence-electron chi connectivity index (χ4n) is 5.88. The summed E-state index contributed by atoms with van der Waals surface area (Å²) in [5.74, 6) is -0.166. The monoisotopic (exact) mass is 582 g/mol. The van der Waals surface area contributed by atoms with Crippen molar-refractivity contribution in [1.29, 1.82) is 0 Å². The van der Waals surface area contributed by atoms with Gasteiger partial charge in [-0.05, 0) is 88.4 Å². The van der Waals surface area contributed by atoms with E-state index < -0.39 is 6.10 Å². The van der Waals surface area contributed by atoms with Crippen molar-refractivity contribution in [1.82, 2.24) is 0 Å². The number of Topliss-reactive ketones (excluding diaryl/α,β-unsaturated/α-hetero) is 1. The van der Waals surface area contributed by atoms with E-state index in [2.05, 4.69) is 110 Å². The lowest BCUT2D eigenvalue weighted by Gasteiger charge is -2.35. The molecule has 0 heterocycles. The highest BCUT2D eigenvalue weighted by Crippen LogP contribution is 2.41. The quantitative estimate of drug-likeness (QED) is 0.252. The van der Waals surface area contributed by atoms with Crippen LogP contribution in [-0.4, -0.2) is 28.2 Å². The van der Waals surface area contributed by atoms with E-state index in [1.165, 1.54) is 22.3 Å². The van der Waals surface area contributed by atoms with Crippen molar-refractivity contribution in [3.63, 3.8) is 0 Å². The maximum absolute atomic E-state index is 12.2. The molecule has 0 amide bonds. The number of aliphatic hydroxyl groups is 2. The number of carbonyl (C=O) groups is 1. The normalized spacial score (nSPS) is 24.8. The van der Waals surface area contributed by atoms with Crippen molar-refractivity contribution in [3.05, 3.63) is 130 Å². The predicted octanol–water partition coefficient (Wildman–Crippen LogP) is 9.73. The molecule has 0 saturated carbocycles. The molecule has 0 saturated heterocycles. The summed E-state index contributed by atoms with van der Waals surface area (Å²) >= 11 is 0. The molecule has 0 aliphatic heterocycles. The molecule has 0 aromatic carbocycles. The maximum atomic E-state index is 12.2. The van der Waals surface area contributed by atoms with Gasteiger partial charge in [0.25, 0.3) is 0 Å². The summed E-state index contributed by atoms with van der Waals surface area (Å²) in [6.45, 7) is 20.8. The molecule has 2 aliphatic carbocycles. The molecule has 2 unspecified atom stereocenters. The Morgan fingerprint density at radius 2 is 1.07 bits per heavy atom. The first-order valence-electron chi connectivity index (χ1n) is 15.4. The van der Waals surface area contributed by atoms with Gasteiger partial charge in [-0.1, -0.05) is 141 Å². The Labute approximate surface area is 261 Å². The van der Waals surface area contributed by atoms with Gasteiger partial charge in [0.15, 0.2) is 5.78 Å². The van der Waals surface area contributed by atoms with Crippen molar-refractivity contribution in [2.45, 2.75) is 101 Å². The summed E-state index contributed by atoms with van der Waals surface area (Å²) in [5, 5.41) is 20.1. The highest BCUT2D eigenvalue weighted by atomic mass is 16.3. The summed E-state index contributed by atoms with van der Waals surface area (Å²) in [4.78, 5) is 12.2. The average Bonchev–Trinajstić information content (AvgIpc) is 2.88. The van der Waals surface area contributed by atoms with Crippen molar-refractivity contribution >= 4 is 5.78 Å². The van der Waals surface area contributed by atoms with Gasteiger partial charge in [-0.15, -0.1) is 0 Å². The van der Waals surface area contributed by atoms with Gasteiger partial charge < -0.3 is 10.2 Å². The van der Waals surface area contributed by atoms with Gasteiger partial charge in [-0.25, -0.2) is 0 Å². The van der Waals surface area contributed by atoms with Crippen LogP contribution in [0.2, 0.25) is 0 Å². The van der Waals surface area contributed by atoms with Crippen LogP contribution in [0.25, 0.3) is 0 Å². The highest BCUT2D eigenvalue weighted by Gasteiger charge is 2.36. The van der Waals surface area contributed by atoms with E-state index in [-0.39, 0.29) is 22.7 Å². The highest BCUT2D eigenvalue weighted by molar-refractivity contribution is 6.00. The fraction of sp³-hybridized carbons (Fsp3) is 0.425. The summed E-state index contributed by atoms with van der Waals surface area (Å²) in [7, 11) is 0. The van der Waals surface area contributed by atoms with Gasteiger partial charge in [0.05, 0.1) is 6.10 Å². The average molecular weight is 583 g/mol. The minimum absolute atomic E-state index is 0.00483. The number of rotatable bonds is 10. The molecule has 3 nitrogen and oxygen atoms in total. The minimum Gasteiger partial charge on any atom is -0.393 e. The Hall–Kier alpha value is -3.27. The first-order chi connectivity index (χ1) is 20.0. The van der Waals surface area contributed by atoms with Crippen molar-refractivity contribution in [2.24, 2.45) is 10.8 Å². The number of carbonyl (C=O) groups excluding carboxylic acids is 1. The Balaban J connectivity index is 1.93. The van der Waals surface area contributed by atoms with E-state index in [9.17, 15) is 15.0 Å². The van der Waals surface area contributed by atoms with E-state index in [4.69, 9.17) is 0 Å². The maximum Gasteiger partial charge on any atom is 0.187 e. The SMILES string of the molecule is CC1=C(/C=C/C(C)=C/C=C/C(C)=C/C=C/C=C(C)/C=C/C=C(C)/C=C/C2=C(C)C(=O)C(O)CC2(C)C)C(C)(C)CC(O)C1. The van der Waals surface area contributed by atoms with Crippen LogP contribution in [0.5, 0.6) is 0 Å². The third kappa shape index (κ3) is 11.4. The molecule has 0 spiro atoms. The van der Waals surface area contributed by atoms with Crippen molar-refractivity contribution < 1.29 is 15.0 Å². The molecule has 232 valence electrons. The number of hydrogen-bond acceptors (Lipinski definition) is 3. The van der Waals surface area contributed by atoms with Crippen LogP contribution in [-0.2, 0) is 4.79 Å². The zero-order chi connectivity index (χ0) is 32.4. The molecule has 43 heavy (non-hydrogen) atoms. The van der Waals surface area contributed by atoms with Gasteiger partial charge in [-0.2, -0.15) is 0 Å². The molecule has 0 fully saturated rings. The molecule has 0 aromatic heterocycles. The molecule has 2 aliphatic rings. The van der Waals surface area contributed by atoms with Crippen LogP contribution in [0, 0.1) is 10.8 Å². The van der Waals surface area contributed by atoms with Gasteiger partial charge in [-0.3, -0.25) is 4.79 Å². The number of ketones is 1. The Kier molecular flexibility index (Phi) is 13.4. The van der Waals surface area contributed by atoms with Crippen LogP contribution >= 0.6 is 0 Å². The zero-order valence-corrected chi connectivity index (χ0v) is 28.2. The smallest absolute Gasteiger partial charge is 0.187 e. The first kappa shape index (κ1) is 35.9. The second-order valence-electron chi connectivity index (χ2n) is 13.6. The second-order valence-corrected chi connectivity index (χ2v) is 13.6. The van der Waals surface area contributed by atoms with Crippen LogP contribution in [0.3, 0.4) is 0 Å². The topological polar surface area (TPSA) is 57.5 Å². The number of aliphatic hydroxyl groups excluding tert-OH is 2. The number of allylic oxidation sites excluding steroid dienone is 20. The standard InChI is InChI=1S/C40H54O3/c1-28(17-13-19-30(3)21-23-35-32(5)25-34(41)26-39(35,7)8)15-11-12-16-29(2)18-14-20-31(4)22-24-36-33(6)38(43)37(42)27-40(36,9)10/h11-24,34,37,41-42H,25-27H2,1-10H3/b12-11+,17-13+,18-14+,23-21+,24-22+,28-15+,29-16+,30-19+,31-20+. The largest absolute Gasteiger partial charge is 0.393 e. The van der Waals surface area contributed by atoms with Gasteiger partial charge in [0.1, 0.15) is 6.10 Å². The lowest BCUT2D eigenvalue weighted by molar-refractivity contribution is -0.125. The molecule has 2 atom stereocenters. The third-order valence-electron chi connectivity index (χ3n) is 8.28. The molecule has 0 radical (unpaired) electrons. The number of hydrogen-bond donors (Lipinski definition) is 2. The van der Waals surface area contributed by atoms with E-state index >= 15 is 0 Å². The van der Waals surface area contributed by atoms with Crippen molar-refractivity contribution in [2.75, 3.05) is 0 Å². The lowest BCUT2D eigenvalue weighted by atomic mass is 9.71. The Bertz CT molecular complexity index is 1370. The molecule has 0 bridgehead atoms. The van der Waals surface area contributed by atoms with Crippen LogP contribution in [0.15, 0.2) is 130 Å². The van der Waals surface area contributed by atoms with E-state index in [1.807, 2.05) is 44.2 Å². The minimum atomic E-state index is -0.898. The third-order valence-corrected chi connectivity index (χ3v) is 8.28. The first-order valence-corrected chi connectivity index (χ1v) is 15.4. The van der Waals surface area contributed by atoms with Crippen LogP contribution in [0.4, 0.5) is 0 Å². The van der Waals surface area contributed by atoms with E-state index in [0.717, 1.165) is 29.6 Å². The van der Waals surface area contributed by atoms with Crippen molar-refractivity contribution in [3.8, 4) is 0 Å². The molecule has 2 N–H and O–H groups in total. The van der Waals surface area contributed by atoms with Crippen LogP contribution in [0.1, 0.15) is 88.5 Å². The van der Waals surface area contributed by atoms with Gasteiger partial charge in [0.2, 0.25) is 0 Å². The second kappa shape index (κ2) is 16.0. The summed E-state index contributed by atoms with van der Waals surface area (Å²) in [6, 6.07) is 0. The molecular weight excluding hydrogens is 528 g/mol. The van der Waals surface area contributed by atoms with Gasteiger partial charge in [0, 0.05) is 0 Å². The molecule has 2 rings (SSSR count). The zero-order valence-electron chi connectivity index (χ0n) is 28.2. The fourth-order valence-corrected chi connectivity index (χ4v) is 5.88. The van der Waals surface area contributed by atoms with E-state index in [0.29, 0.717) is 12.0 Å². The van der Waals surface area contributed by atoms with Gasteiger partial charge >= 0.3 is 0 Å². The summed E-state index contributed by atoms with van der Waals surface area (Å²) in [6.07, 6.45) is 30.0. The molecule has 3 heteroatoms. The Morgan fingerprint density at radius 3 is 1.56 bits per heavy atom. The molecular formula is C40H54O3. The molecule has 0 aromatic rings. The summed E-state index contributed by atoms with van der Waals surface area (Å²) in [5.41, 5.74) is 8.61. The lowest BCUT2D eigenvalue weighted by Crippen LogP contribution is -2.35. The summed E-state index contributed by atoms with van der Waals surface area (Å²) < 4.78 is 0. The van der Waals surface area contributed by atoms with Crippen LogP contribution < -0.4 is 0 Å². The predicted molar refractivity (Wildman–Crippen MR) is 185 cm³/mol.